The summed E-state index contributed by atoms with van der Waals surface area (Å²) in [6, 6.07) is 0.274. The van der Waals surface area contributed by atoms with Crippen molar-refractivity contribution in [3.8, 4) is 0 Å². The maximum atomic E-state index is 13.3. The number of hydrogen-bond donors (Lipinski definition) is 1. The second kappa shape index (κ2) is 7.57. The summed E-state index contributed by atoms with van der Waals surface area (Å²) in [6.07, 6.45) is 4.57. The van der Waals surface area contributed by atoms with Crippen LogP contribution in [0.25, 0.3) is 0 Å². The molecule has 1 fully saturated rings. The van der Waals surface area contributed by atoms with Gasteiger partial charge < -0.3 is 10.6 Å². The molecule has 0 spiro atoms. The molecule has 2 N–H and O–H groups in total. The number of nitrogens with zero attached hydrogens (tertiary/aromatic N) is 1. The van der Waals surface area contributed by atoms with Crippen LogP contribution in [0.4, 0.5) is 0 Å². The van der Waals surface area contributed by atoms with Crippen LogP contribution in [-0.4, -0.2) is 28.4 Å². The fraction of sp³-hybridized carbons (Fsp3) is 0.882. The molecule has 0 aromatic rings. The van der Waals surface area contributed by atoms with E-state index in [2.05, 4.69) is 39.5 Å². The number of thiocarbonyl (C=S) groups is 1. The Morgan fingerprint density at radius 1 is 1.24 bits per heavy atom. The van der Waals surface area contributed by atoms with Crippen molar-refractivity contribution < 1.29 is 4.79 Å². The highest BCUT2D eigenvalue weighted by atomic mass is 32.1. The van der Waals surface area contributed by atoms with Crippen LogP contribution in [0.1, 0.15) is 66.7 Å². The summed E-state index contributed by atoms with van der Waals surface area (Å²) in [5.74, 6) is 1.25. The number of carbonyl (C=O) groups excluding carboxylic acids is 1. The molecule has 0 aliphatic carbocycles. The van der Waals surface area contributed by atoms with Crippen molar-refractivity contribution in [2.75, 3.05) is 6.54 Å². The molecular weight excluding hydrogens is 280 g/mol. The lowest BCUT2D eigenvalue weighted by Crippen LogP contribution is -2.57. The molecule has 3 unspecified atom stereocenters. The highest BCUT2D eigenvalue weighted by Gasteiger charge is 2.45. The smallest absolute Gasteiger partial charge is 0.235 e. The molecule has 1 amide bonds. The Hall–Kier alpha value is -0.640. The molecule has 122 valence electrons. The molecule has 1 aliphatic heterocycles. The van der Waals surface area contributed by atoms with Crippen molar-refractivity contribution in [3.05, 3.63) is 0 Å². The average molecular weight is 313 g/mol. The van der Waals surface area contributed by atoms with E-state index < -0.39 is 5.41 Å². The first-order chi connectivity index (χ1) is 9.80. The lowest BCUT2D eigenvalue weighted by Gasteiger charge is -2.45. The standard InChI is InChI=1S/C17H32N2OS/c1-6-8-17(9-7-2,15(18)21)16(20)19-11-12(3)10-13(4)14(19)5/h12-14H,6-11H2,1-5H3,(H2,18,21). The zero-order valence-corrected chi connectivity index (χ0v) is 15.1. The van der Waals surface area contributed by atoms with Gasteiger partial charge in [-0.2, -0.15) is 0 Å². The van der Waals surface area contributed by atoms with Crippen LogP contribution in [0.3, 0.4) is 0 Å². The molecule has 1 heterocycles. The van der Waals surface area contributed by atoms with Crippen LogP contribution in [0.5, 0.6) is 0 Å². The molecule has 21 heavy (non-hydrogen) atoms. The van der Waals surface area contributed by atoms with E-state index in [-0.39, 0.29) is 11.9 Å². The Morgan fingerprint density at radius 3 is 2.19 bits per heavy atom. The first-order valence-corrected chi connectivity index (χ1v) is 8.81. The predicted molar refractivity (Wildman–Crippen MR) is 93.2 cm³/mol. The molecule has 0 saturated carbocycles. The van der Waals surface area contributed by atoms with Gasteiger partial charge in [0.25, 0.3) is 0 Å². The van der Waals surface area contributed by atoms with Gasteiger partial charge in [-0.15, -0.1) is 0 Å². The van der Waals surface area contributed by atoms with E-state index in [4.69, 9.17) is 18.0 Å². The van der Waals surface area contributed by atoms with Gasteiger partial charge in [-0.3, -0.25) is 4.79 Å². The first kappa shape index (κ1) is 18.4. The SMILES string of the molecule is CCCC(CCC)(C(=O)N1CC(C)CC(C)C1C)C(N)=S. The van der Waals surface area contributed by atoms with E-state index in [9.17, 15) is 4.79 Å². The van der Waals surface area contributed by atoms with Crippen molar-refractivity contribution in [3.63, 3.8) is 0 Å². The fourth-order valence-corrected chi connectivity index (χ4v) is 4.09. The van der Waals surface area contributed by atoms with Crippen LogP contribution >= 0.6 is 12.2 Å². The number of hydrogen-bond acceptors (Lipinski definition) is 2. The van der Waals surface area contributed by atoms with Gasteiger partial charge in [-0.1, -0.05) is 52.8 Å². The summed E-state index contributed by atoms with van der Waals surface area (Å²) in [4.78, 5) is 15.7. The molecule has 3 nitrogen and oxygen atoms in total. The topological polar surface area (TPSA) is 46.3 Å². The summed E-state index contributed by atoms with van der Waals surface area (Å²) in [5.41, 5.74) is 5.42. The average Bonchev–Trinajstić information content (AvgIpc) is 2.41. The molecule has 3 atom stereocenters. The van der Waals surface area contributed by atoms with Gasteiger partial charge >= 0.3 is 0 Å². The number of likely N-dealkylation sites (tertiary alicyclic amines) is 1. The van der Waals surface area contributed by atoms with Gasteiger partial charge in [0.15, 0.2) is 0 Å². The van der Waals surface area contributed by atoms with Gasteiger partial charge in [0.2, 0.25) is 5.91 Å². The van der Waals surface area contributed by atoms with Crippen molar-refractivity contribution in [2.45, 2.75) is 72.8 Å². The Kier molecular flexibility index (Phi) is 6.64. The van der Waals surface area contributed by atoms with Crippen LogP contribution in [0.2, 0.25) is 0 Å². The minimum Gasteiger partial charge on any atom is -0.392 e. The van der Waals surface area contributed by atoms with Crippen molar-refractivity contribution in [1.82, 2.24) is 4.90 Å². The van der Waals surface area contributed by atoms with E-state index in [1.54, 1.807) is 0 Å². The minimum atomic E-state index is -0.635. The molecule has 1 rings (SSSR count). The number of rotatable bonds is 6. The quantitative estimate of drug-likeness (QED) is 0.760. The van der Waals surface area contributed by atoms with E-state index in [1.807, 2.05) is 0 Å². The molecule has 0 aromatic heterocycles. The minimum absolute atomic E-state index is 0.171. The summed E-state index contributed by atoms with van der Waals surface area (Å²) >= 11 is 5.33. The Labute approximate surface area is 135 Å². The van der Waals surface area contributed by atoms with Gasteiger partial charge in [-0.25, -0.2) is 0 Å². The highest BCUT2D eigenvalue weighted by molar-refractivity contribution is 7.80. The summed E-state index contributed by atoms with van der Waals surface area (Å²) in [7, 11) is 0. The van der Waals surface area contributed by atoms with Crippen LogP contribution < -0.4 is 5.73 Å². The number of piperidine rings is 1. The van der Waals surface area contributed by atoms with E-state index in [0.717, 1.165) is 32.2 Å². The van der Waals surface area contributed by atoms with Crippen molar-refractivity contribution in [2.24, 2.45) is 23.0 Å². The molecule has 0 radical (unpaired) electrons. The molecule has 1 saturated heterocycles. The largest absolute Gasteiger partial charge is 0.392 e. The third-order valence-electron chi connectivity index (χ3n) is 5.09. The molecule has 0 aromatic carbocycles. The van der Waals surface area contributed by atoms with Crippen molar-refractivity contribution >= 4 is 23.1 Å². The van der Waals surface area contributed by atoms with Gasteiger partial charge in [0.05, 0.1) is 10.4 Å². The van der Waals surface area contributed by atoms with E-state index in [1.165, 1.54) is 6.42 Å². The number of nitrogens with two attached hydrogens (primary N) is 1. The lowest BCUT2D eigenvalue weighted by molar-refractivity contribution is -0.145. The molecular formula is C17H32N2OS. The second-order valence-corrected chi connectivity index (χ2v) is 7.40. The maximum Gasteiger partial charge on any atom is 0.235 e. The zero-order valence-electron chi connectivity index (χ0n) is 14.3. The third-order valence-corrected chi connectivity index (χ3v) is 5.48. The number of amides is 1. The predicted octanol–water partition coefficient (Wildman–Crippen LogP) is 3.75. The normalized spacial score (nSPS) is 26.7. The first-order valence-electron chi connectivity index (χ1n) is 8.41. The maximum absolute atomic E-state index is 13.3. The Bertz CT molecular complexity index is 377. The van der Waals surface area contributed by atoms with Gasteiger partial charge in [0.1, 0.15) is 0 Å². The van der Waals surface area contributed by atoms with Crippen LogP contribution in [0.15, 0.2) is 0 Å². The second-order valence-electron chi connectivity index (χ2n) is 6.96. The van der Waals surface area contributed by atoms with E-state index >= 15 is 0 Å². The summed E-state index contributed by atoms with van der Waals surface area (Å²) < 4.78 is 0. The monoisotopic (exact) mass is 312 g/mol. The van der Waals surface area contributed by atoms with Crippen LogP contribution in [0, 0.1) is 17.3 Å². The summed E-state index contributed by atoms with van der Waals surface area (Å²) in [5, 5.41) is 0. The highest BCUT2D eigenvalue weighted by Crippen LogP contribution is 2.37. The summed E-state index contributed by atoms with van der Waals surface area (Å²) in [6.45, 7) is 11.7. The molecule has 1 aliphatic rings. The van der Waals surface area contributed by atoms with Crippen molar-refractivity contribution in [1.29, 1.82) is 0 Å². The lowest BCUT2D eigenvalue weighted by atomic mass is 9.75. The van der Waals surface area contributed by atoms with Gasteiger partial charge in [0, 0.05) is 12.6 Å². The third kappa shape index (κ3) is 3.77. The molecule has 4 heteroatoms. The van der Waals surface area contributed by atoms with Gasteiger partial charge in [-0.05, 0) is 38.0 Å². The zero-order chi connectivity index (χ0) is 16.2. The Morgan fingerprint density at radius 2 is 1.76 bits per heavy atom. The number of carbonyl (C=O) groups is 1. The van der Waals surface area contributed by atoms with Crippen LogP contribution in [-0.2, 0) is 4.79 Å². The van der Waals surface area contributed by atoms with E-state index in [0.29, 0.717) is 16.8 Å². The molecule has 0 bridgehead atoms. The Balaban J connectivity index is 3.11. The fourth-order valence-electron chi connectivity index (χ4n) is 3.80.